The van der Waals surface area contributed by atoms with Gasteiger partial charge in [-0.05, 0) is 37.8 Å². The summed E-state index contributed by atoms with van der Waals surface area (Å²) in [4.78, 5) is 11.5. The summed E-state index contributed by atoms with van der Waals surface area (Å²) in [5.41, 5.74) is 3.62. The second-order valence-corrected chi connectivity index (χ2v) is 5.15. The van der Waals surface area contributed by atoms with Gasteiger partial charge in [0.05, 0.1) is 5.41 Å². The van der Waals surface area contributed by atoms with E-state index >= 15 is 0 Å². The molecule has 0 unspecified atom stereocenters. The monoisotopic (exact) mass is 216 g/mol. The van der Waals surface area contributed by atoms with Crippen molar-refractivity contribution in [2.24, 2.45) is 0 Å². The van der Waals surface area contributed by atoms with Crippen molar-refractivity contribution < 1.29 is 4.79 Å². The molecule has 86 valence electrons. The first-order valence-corrected chi connectivity index (χ1v) is 6.22. The highest BCUT2D eigenvalue weighted by atomic mass is 16.1. The van der Waals surface area contributed by atoms with Gasteiger partial charge in [-0.1, -0.05) is 43.0 Å². The van der Waals surface area contributed by atoms with E-state index in [9.17, 15) is 4.79 Å². The Morgan fingerprint density at radius 3 is 2.38 bits per heavy atom. The summed E-state index contributed by atoms with van der Waals surface area (Å²) in [6.45, 7) is 4.23. The molecule has 0 spiro atoms. The number of hydrogen-bond donors (Lipinski definition) is 0. The molecule has 0 saturated heterocycles. The van der Waals surface area contributed by atoms with Gasteiger partial charge in [-0.3, -0.25) is 0 Å². The maximum Gasteiger partial charge on any atom is 0.130 e. The molecule has 0 bridgehead atoms. The Kier molecular flexibility index (Phi) is 3.13. The van der Waals surface area contributed by atoms with Gasteiger partial charge in [0, 0.05) is 0 Å². The van der Waals surface area contributed by atoms with E-state index in [-0.39, 0.29) is 5.41 Å². The molecule has 1 fully saturated rings. The van der Waals surface area contributed by atoms with E-state index < -0.39 is 0 Å². The van der Waals surface area contributed by atoms with Crippen LogP contribution in [-0.4, -0.2) is 6.29 Å². The minimum atomic E-state index is -0.184. The third-order valence-electron chi connectivity index (χ3n) is 3.89. The number of aldehydes is 1. The Hall–Kier alpha value is -1.11. The molecule has 0 aliphatic heterocycles. The molecule has 0 N–H and O–H groups in total. The van der Waals surface area contributed by atoms with Crippen LogP contribution < -0.4 is 0 Å². The fourth-order valence-electron chi connectivity index (χ4n) is 3.01. The highest BCUT2D eigenvalue weighted by Crippen LogP contribution is 2.39. The molecule has 0 radical (unpaired) electrons. The van der Waals surface area contributed by atoms with Crippen LogP contribution in [0, 0.1) is 13.8 Å². The molecule has 16 heavy (non-hydrogen) atoms. The summed E-state index contributed by atoms with van der Waals surface area (Å²) >= 11 is 0. The first-order chi connectivity index (χ1) is 7.68. The van der Waals surface area contributed by atoms with Gasteiger partial charge in [0.15, 0.2) is 0 Å². The van der Waals surface area contributed by atoms with Gasteiger partial charge in [-0.2, -0.15) is 0 Å². The molecule has 1 nitrogen and oxygen atoms in total. The molecule has 0 atom stereocenters. The molecule has 2 rings (SSSR count). The second-order valence-electron chi connectivity index (χ2n) is 5.15. The predicted octanol–water partition coefficient (Wildman–Crippen LogP) is 3.70. The molecule has 1 aromatic carbocycles. The van der Waals surface area contributed by atoms with Crippen molar-refractivity contribution in [1.82, 2.24) is 0 Å². The lowest BCUT2D eigenvalue weighted by Crippen LogP contribution is -2.31. The molecule has 1 aliphatic rings. The molecular weight excluding hydrogens is 196 g/mol. The number of carbonyl (C=O) groups excluding carboxylic acids is 1. The molecule has 0 heterocycles. The lowest BCUT2D eigenvalue weighted by Gasteiger charge is -2.33. The molecule has 1 heteroatoms. The van der Waals surface area contributed by atoms with Crippen LogP contribution in [0.1, 0.15) is 48.8 Å². The number of hydrogen-bond acceptors (Lipinski definition) is 1. The van der Waals surface area contributed by atoms with Gasteiger partial charge in [0.1, 0.15) is 6.29 Å². The number of aryl methyl sites for hydroxylation is 2. The van der Waals surface area contributed by atoms with Crippen LogP contribution in [0.2, 0.25) is 0 Å². The van der Waals surface area contributed by atoms with Crippen LogP contribution in [-0.2, 0) is 10.2 Å². The van der Waals surface area contributed by atoms with Crippen LogP contribution in [0.5, 0.6) is 0 Å². The summed E-state index contributed by atoms with van der Waals surface area (Å²) in [6, 6.07) is 6.47. The molecular formula is C15H20O. The first-order valence-electron chi connectivity index (χ1n) is 6.22. The van der Waals surface area contributed by atoms with E-state index in [1.54, 1.807) is 0 Å². The van der Waals surface area contributed by atoms with Crippen molar-refractivity contribution in [3.05, 3.63) is 34.9 Å². The van der Waals surface area contributed by atoms with Crippen molar-refractivity contribution in [3.8, 4) is 0 Å². The summed E-state index contributed by atoms with van der Waals surface area (Å²) in [5.74, 6) is 0. The van der Waals surface area contributed by atoms with E-state index in [0.717, 1.165) is 12.8 Å². The Labute approximate surface area is 97.9 Å². The lowest BCUT2D eigenvalue weighted by atomic mass is 9.69. The fraction of sp³-hybridized carbons (Fsp3) is 0.533. The molecule has 1 aliphatic carbocycles. The summed E-state index contributed by atoms with van der Waals surface area (Å²) in [5, 5.41) is 0. The van der Waals surface area contributed by atoms with Crippen LogP contribution in [0.15, 0.2) is 18.2 Å². The average Bonchev–Trinajstić information content (AvgIpc) is 2.30. The van der Waals surface area contributed by atoms with Crippen molar-refractivity contribution >= 4 is 6.29 Å². The Bertz CT molecular complexity index is 386. The highest BCUT2D eigenvalue weighted by molar-refractivity contribution is 5.70. The zero-order valence-corrected chi connectivity index (χ0v) is 10.3. The standard InChI is InChI=1S/C15H20O/c1-12-6-7-14(13(2)10-12)15(11-16)8-4-3-5-9-15/h6-7,10-11H,3-5,8-9H2,1-2H3. The van der Waals surface area contributed by atoms with Crippen molar-refractivity contribution in [1.29, 1.82) is 0 Å². The van der Waals surface area contributed by atoms with Gasteiger partial charge in [0.2, 0.25) is 0 Å². The minimum absolute atomic E-state index is 0.184. The van der Waals surface area contributed by atoms with Gasteiger partial charge in [-0.15, -0.1) is 0 Å². The zero-order valence-electron chi connectivity index (χ0n) is 10.3. The SMILES string of the molecule is Cc1ccc(C2(C=O)CCCCC2)c(C)c1. The quantitative estimate of drug-likeness (QED) is 0.689. The Morgan fingerprint density at radius 2 is 1.81 bits per heavy atom. The van der Waals surface area contributed by atoms with Crippen LogP contribution >= 0.6 is 0 Å². The van der Waals surface area contributed by atoms with Crippen LogP contribution in [0.3, 0.4) is 0 Å². The van der Waals surface area contributed by atoms with E-state index in [0.29, 0.717) is 0 Å². The van der Waals surface area contributed by atoms with Crippen molar-refractivity contribution in [2.75, 3.05) is 0 Å². The van der Waals surface area contributed by atoms with E-state index in [1.807, 2.05) is 0 Å². The molecule has 1 aromatic rings. The number of carbonyl (C=O) groups is 1. The van der Waals surface area contributed by atoms with Gasteiger partial charge in [0.25, 0.3) is 0 Å². The normalized spacial score (nSPS) is 19.4. The summed E-state index contributed by atoms with van der Waals surface area (Å²) < 4.78 is 0. The maximum absolute atomic E-state index is 11.5. The first kappa shape index (κ1) is 11.4. The minimum Gasteiger partial charge on any atom is -0.302 e. The highest BCUT2D eigenvalue weighted by Gasteiger charge is 2.34. The number of rotatable bonds is 2. The van der Waals surface area contributed by atoms with E-state index in [2.05, 4.69) is 32.0 Å². The third-order valence-corrected chi connectivity index (χ3v) is 3.89. The van der Waals surface area contributed by atoms with Gasteiger partial charge >= 0.3 is 0 Å². The molecule has 0 aromatic heterocycles. The smallest absolute Gasteiger partial charge is 0.130 e. The predicted molar refractivity (Wildman–Crippen MR) is 66.7 cm³/mol. The topological polar surface area (TPSA) is 17.1 Å². The van der Waals surface area contributed by atoms with Crippen molar-refractivity contribution in [3.63, 3.8) is 0 Å². The van der Waals surface area contributed by atoms with Crippen LogP contribution in [0.4, 0.5) is 0 Å². The summed E-state index contributed by atoms with van der Waals surface area (Å²) in [6.07, 6.45) is 6.91. The van der Waals surface area contributed by atoms with Crippen LogP contribution in [0.25, 0.3) is 0 Å². The number of benzene rings is 1. The van der Waals surface area contributed by atoms with Gasteiger partial charge in [-0.25, -0.2) is 0 Å². The lowest BCUT2D eigenvalue weighted by molar-refractivity contribution is -0.113. The Balaban J connectivity index is 2.43. The Morgan fingerprint density at radius 1 is 1.12 bits per heavy atom. The largest absolute Gasteiger partial charge is 0.302 e. The second kappa shape index (κ2) is 4.40. The van der Waals surface area contributed by atoms with E-state index in [4.69, 9.17) is 0 Å². The average molecular weight is 216 g/mol. The zero-order chi connectivity index (χ0) is 11.6. The summed E-state index contributed by atoms with van der Waals surface area (Å²) in [7, 11) is 0. The maximum atomic E-state index is 11.5. The molecule has 1 saturated carbocycles. The molecule has 0 amide bonds. The van der Waals surface area contributed by atoms with Gasteiger partial charge < -0.3 is 4.79 Å². The third kappa shape index (κ3) is 1.91. The fourth-order valence-corrected chi connectivity index (χ4v) is 3.01. The van der Waals surface area contributed by atoms with Crippen molar-refractivity contribution in [2.45, 2.75) is 51.4 Å². The van der Waals surface area contributed by atoms with E-state index in [1.165, 1.54) is 42.2 Å².